The monoisotopic (exact) mass is 260 g/mol. The number of hydrogen-bond acceptors (Lipinski definition) is 3. The Morgan fingerprint density at radius 2 is 1.44 bits per heavy atom. The van der Waals surface area contributed by atoms with E-state index in [0.717, 1.165) is 11.5 Å². The van der Waals surface area contributed by atoms with Crippen molar-refractivity contribution in [1.82, 2.24) is 0 Å². The highest BCUT2D eigenvalue weighted by Crippen LogP contribution is 2.32. The number of benzene rings is 2. The van der Waals surface area contributed by atoms with Gasteiger partial charge in [0.05, 0.1) is 14.2 Å². The zero-order valence-electron chi connectivity index (χ0n) is 10.8. The lowest BCUT2D eigenvalue weighted by molar-refractivity contribution is 0.414. The molecule has 0 N–H and O–H groups in total. The molecule has 2 aromatic rings. The van der Waals surface area contributed by atoms with Gasteiger partial charge in [0.1, 0.15) is 11.5 Å². The van der Waals surface area contributed by atoms with Crippen LogP contribution in [0.25, 0.3) is 0 Å². The van der Waals surface area contributed by atoms with Gasteiger partial charge in [0.25, 0.3) is 0 Å². The molecule has 0 heterocycles. The minimum absolute atomic E-state index is 0.880. The molecule has 0 aliphatic rings. The zero-order valence-corrected chi connectivity index (χ0v) is 11.6. The molecule has 0 spiro atoms. The molecule has 94 valence electrons. The van der Waals surface area contributed by atoms with Gasteiger partial charge in [0.15, 0.2) is 0 Å². The van der Waals surface area contributed by atoms with E-state index in [1.54, 1.807) is 26.0 Å². The number of methoxy groups -OCH3 is 2. The highest BCUT2D eigenvalue weighted by molar-refractivity contribution is 7.99. The van der Waals surface area contributed by atoms with Crippen LogP contribution in [-0.4, -0.2) is 14.2 Å². The van der Waals surface area contributed by atoms with Gasteiger partial charge in [0.2, 0.25) is 0 Å². The summed E-state index contributed by atoms with van der Waals surface area (Å²) >= 11 is 1.74. The fourth-order valence-electron chi connectivity index (χ4n) is 1.63. The molecule has 0 aliphatic heterocycles. The quantitative estimate of drug-likeness (QED) is 0.822. The topological polar surface area (TPSA) is 18.5 Å². The Labute approximate surface area is 112 Å². The van der Waals surface area contributed by atoms with Crippen LogP contribution >= 0.6 is 11.8 Å². The van der Waals surface area contributed by atoms with Crippen LogP contribution in [-0.2, 0) is 0 Å². The first-order chi connectivity index (χ1) is 8.72. The van der Waals surface area contributed by atoms with Gasteiger partial charge in [-0.25, -0.2) is 0 Å². The molecule has 0 aliphatic carbocycles. The van der Waals surface area contributed by atoms with E-state index in [0.29, 0.717) is 0 Å². The largest absolute Gasteiger partial charge is 0.497 e. The van der Waals surface area contributed by atoms with Crippen molar-refractivity contribution in [3.8, 4) is 11.5 Å². The van der Waals surface area contributed by atoms with Crippen molar-refractivity contribution in [2.24, 2.45) is 0 Å². The second-order valence-corrected chi connectivity index (χ2v) is 5.02. The normalized spacial score (nSPS) is 10.2. The third-order valence-electron chi connectivity index (χ3n) is 2.67. The summed E-state index contributed by atoms with van der Waals surface area (Å²) in [7, 11) is 3.36. The van der Waals surface area contributed by atoms with Gasteiger partial charge >= 0.3 is 0 Å². The van der Waals surface area contributed by atoms with E-state index >= 15 is 0 Å². The summed E-state index contributed by atoms with van der Waals surface area (Å²) in [5, 5.41) is 0. The van der Waals surface area contributed by atoms with Crippen molar-refractivity contribution in [1.29, 1.82) is 0 Å². The van der Waals surface area contributed by atoms with E-state index in [1.807, 2.05) is 24.3 Å². The Bertz CT molecular complexity index is 521. The third-order valence-corrected chi connectivity index (χ3v) is 3.86. The van der Waals surface area contributed by atoms with E-state index in [2.05, 4.69) is 25.1 Å². The lowest BCUT2D eigenvalue weighted by Gasteiger charge is -2.08. The minimum atomic E-state index is 0.880. The second-order valence-electron chi connectivity index (χ2n) is 3.91. The van der Waals surface area contributed by atoms with Crippen molar-refractivity contribution in [2.45, 2.75) is 16.7 Å². The number of hydrogen-bond donors (Lipinski definition) is 0. The summed E-state index contributed by atoms with van der Waals surface area (Å²) in [5.74, 6) is 1.78. The number of rotatable bonds is 4. The first-order valence-corrected chi connectivity index (χ1v) is 6.51. The van der Waals surface area contributed by atoms with Crippen LogP contribution in [0.4, 0.5) is 0 Å². The SMILES string of the molecule is COc1ccc(Sc2ccc(OC)cc2C)cc1. The Kier molecular flexibility index (Phi) is 4.15. The van der Waals surface area contributed by atoms with Crippen LogP contribution in [0.5, 0.6) is 11.5 Å². The van der Waals surface area contributed by atoms with Crippen LogP contribution in [0.1, 0.15) is 5.56 Å². The Morgan fingerprint density at radius 1 is 0.833 bits per heavy atom. The molecule has 2 rings (SSSR count). The van der Waals surface area contributed by atoms with E-state index < -0.39 is 0 Å². The number of ether oxygens (including phenoxy) is 2. The molecule has 0 radical (unpaired) electrons. The molecule has 0 bridgehead atoms. The molecule has 18 heavy (non-hydrogen) atoms. The smallest absolute Gasteiger partial charge is 0.119 e. The number of aryl methyl sites for hydroxylation is 1. The average molecular weight is 260 g/mol. The molecule has 0 fully saturated rings. The van der Waals surface area contributed by atoms with Crippen LogP contribution in [0.2, 0.25) is 0 Å². The fourth-order valence-corrected chi connectivity index (χ4v) is 2.52. The van der Waals surface area contributed by atoms with Crippen molar-refractivity contribution in [2.75, 3.05) is 14.2 Å². The fraction of sp³-hybridized carbons (Fsp3) is 0.200. The summed E-state index contributed by atoms with van der Waals surface area (Å²) in [6.07, 6.45) is 0. The van der Waals surface area contributed by atoms with Gasteiger partial charge in [0, 0.05) is 9.79 Å². The predicted molar refractivity (Wildman–Crippen MR) is 74.8 cm³/mol. The molecule has 0 saturated heterocycles. The summed E-state index contributed by atoms with van der Waals surface area (Å²) in [4.78, 5) is 2.44. The van der Waals surface area contributed by atoms with E-state index in [9.17, 15) is 0 Å². The molecular formula is C15H16O2S. The molecule has 0 aromatic heterocycles. The standard InChI is InChI=1S/C15H16O2S/c1-11-10-13(17-3)6-9-15(11)18-14-7-4-12(16-2)5-8-14/h4-10H,1-3H3. The predicted octanol–water partition coefficient (Wildman–Crippen LogP) is 4.16. The zero-order chi connectivity index (χ0) is 13.0. The van der Waals surface area contributed by atoms with Gasteiger partial charge in [-0.3, -0.25) is 0 Å². The highest BCUT2D eigenvalue weighted by atomic mass is 32.2. The van der Waals surface area contributed by atoms with Crippen LogP contribution in [0, 0.1) is 6.92 Å². The summed E-state index contributed by atoms with van der Waals surface area (Å²) < 4.78 is 10.4. The van der Waals surface area contributed by atoms with Gasteiger partial charge in [-0.1, -0.05) is 11.8 Å². The van der Waals surface area contributed by atoms with Crippen molar-refractivity contribution >= 4 is 11.8 Å². The Balaban J connectivity index is 2.17. The van der Waals surface area contributed by atoms with Crippen LogP contribution < -0.4 is 9.47 Å². The van der Waals surface area contributed by atoms with E-state index in [4.69, 9.17) is 9.47 Å². The molecule has 0 saturated carbocycles. The van der Waals surface area contributed by atoms with Crippen molar-refractivity contribution in [3.05, 3.63) is 48.0 Å². The maximum atomic E-state index is 5.20. The van der Waals surface area contributed by atoms with E-state index in [1.165, 1.54) is 15.4 Å². The molecule has 0 amide bonds. The molecule has 3 heteroatoms. The molecule has 2 aromatic carbocycles. The average Bonchev–Trinajstić information content (AvgIpc) is 2.42. The Hall–Kier alpha value is -1.61. The maximum absolute atomic E-state index is 5.20. The molecular weight excluding hydrogens is 244 g/mol. The Morgan fingerprint density at radius 3 is 2.00 bits per heavy atom. The van der Waals surface area contributed by atoms with Crippen LogP contribution in [0.15, 0.2) is 52.3 Å². The molecule has 0 unspecified atom stereocenters. The first kappa shape index (κ1) is 12.8. The second kappa shape index (κ2) is 5.83. The van der Waals surface area contributed by atoms with E-state index in [-0.39, 0.29) is 0 Å². The summed E-state index contributed by atoms with van der Waals surface area (Å²) in [6, 6.07) is 14.2. The first-order valence-electron chi connectivity index (χ1n) is 5.69. The van der Waals surface area contributed by atoms with Gasteiger partial charge in [-0.05, 0) is 55.0 Å². The molecule has 0 atom stereocenters. The van der Waals surface area contributed by atoms with Gasteiger partial charge < -0.3 is 9.47 Å². The minimum Gasteiger partial charge on any atom is -0.497 e. The van der Waals surface area contributed by atoms with Crippen molar-refractivity contribution in [3.63, 3.8) is 0 Å². The molecule has 2 nitrogen and oxygen atoms in total. The van der Waals surface area contributed by atoms with Gasteiger partial charge in [-0.15, -0.1) is 0 Å². The lowest BCUT2D eigenvalue weighted by Crippen LogP contribution is -1.86. The maximum Gasteiger partial charge on any atom is 0.119 e. The summed E-state index contributed by atoms with van der Waals surface area (Å²) in [5.41, 5.74) is 1.22. The highest BCUT2D eigenvalue weighted by Gasteiger charge is 2.03. The lowest BCUT2D eigenvalue weighted by atomic mass is 10.2. The van der Waals surface area contributed by atoms with Crippen LogP contribution in [0.3, 0.4) is 0 Å². The summed E-state index contributed by atoms with van der Waals surface area (Å²) in [6.45, 7) is 2.09. The van der Waals surface area contributed by atoms with Crippen molar-refractivity contribution < 1.29 is 9.47 Å². The van der Waals surface area contributed by atoms with Gasteiger partial charge in [-0.2, -0.15) is 0 Å². The third kappa shape index (κ3) is 2.99.